The number of hydrogen-bond acceptors (Lipinski definition) is 5. The molecule has 1 aliphatic rings. The van der Waals surface area contributed by atoms with E-state index in [1.165, 1.54) is 42.3 Å². The van der Waals surface area contributed by atoms with Crippen LogP contribution >= 0.6 is 0 Å². The van der Waals surface area contributed by atoms with Gasteiger partial charge in [0.2, 0.25) is 0 Å². The predicted octanol–water partition coefficient (Wildman–Crippen LogP) is 2.96. The maximum absolute atomic E-state index is 14.6. The number of methoxy groups -OCH3 is 1. The minimum Gasteiger partial charge on any atom is -0.507 e. The lowest BCUT2D eigenvalue weighted by Crippen LogP contribution is -2.35. The first-order valence-corrected chi connectivity index (χ1v) is 9.27. The van der Waals surface area contributed by atoms with Gasteiger partial charge in [-0.3, -0.25) is 9.59 Å². The van der Waals surface area contributed by atoms with Crippen LogP contribution in [-0.4, -0.2) is 60.9 Å². The van der Waals surface area contributed by atoms with Gasteiger partial charge >= 0.3 is 0 Å². The fourth-order valence-electron chi connectivity index (χ4n) is 3.41. The molecule has 0 bridgehead atoms. The Labute approximate surface area is 173 Å². The number of hydrogen-bond donors (Lipinski definition) is 1. The highest BCUT2D eigenvalue weighted by molar-refractivity contribution is 6.46. The first-order chi connectivity index (χ1) is 14.3. The summed E-state index contributed by atoms with van der Waals surface area (Å²) in [6.07, 6.45) is 0. The van der Waals surface area contributed by atoms with Crippen molar-refractivity contribution in [2.75, 3.05) is 34.3 Å². The van der Waals surface area contributed by atoms with Crippen LogP contribution in [0, 0.1) is 11.6 Å². The Bertz CT molecular complexity index is 1020. The van der Waals surface area contributed by atoms with E-state index in [0.29, 0.717) is 6.54 Å². The third-order valence-corrected chi connectivity index (χ3v) is 4.95. The van der Waals surface area contributed by atoms with Crippen LogP contribution < -0.4 is 4.74 Å². The van der Waals surface area contributed by atoms with Crippen LogP contribution in [0.4, 0.5) is 8.78 Å². The lowest BCUT2D eigenvalue weighted by atomic mass is 9.95. The molecule has 1 atom stereocenters. The minimum absolute atomic E-state index is 0.0137. The van der Waals surface area contributed by atoms with Crippen molar-refractivity contribution >= 4 is 17.4 Å². The summed E-state index contributed by atoms with van der Waals surface area (Å²) < 4.78 is 33.6. The molecule has 30 heavy (non-hydrogen) atoms. The van der Waals surface area contributed by atoms with Crippen molar-refractivity contribution in [1.82, 2.24) is 9.80 Å². The van der Waals surface area contributed by atoms with Crippen molar-refractivity contribution in [3.8, 4) is 5.75 Å². The molecule has 6 nitrogen and oxygen atoms in total. The zero-order chi connectivity index (χ0) is 22.0. The Morgan fingerprint density at radius 3 is 2.43 bits per heavy atom. The van der Waals surface area contributed by atoms with Gasteiger partial charge in [-0.1, -0.05) is 18.2 Å². The van der Waals surface area contributed by atoms with Gasteiger partial charge in [0.25, 0.3) is 11.7 Å². The SMILES string of the molecule is COc1ccc(C(O)=C2C(=O)C(=O)N(CCN(C)C)[C@H]2c2ccccc2F)cc1F. The summed E-state index contributed by atoms with van der Waals surface area (Å²) in [6.45, 7) is 0.569. The van der Waals surface area contributed by atoms with Crippen molar-refractivity contribution in [1.29, 1.82) is 0 Å². The highest BCUT2D eigenvalue weighted by Gasteiger charge is 2.46. The van der Waals surface area contributed by atoms with E-state index in [0.717, 1.165) is 6.07 Å². The second kappa shape index (κ2) is 8.62. The van der Waals surface area contributed by atoms with E-state index < -0.39 is 35.1 Å². The Morgan fingerprint density at radius 1 is 1.13 bits per heavy atom. The summed E-state index contributed by atoms with van der Waals surface area (Å²) in [4.78, 5) is 28.6. The monoisotopic (exact) mass is 416 g/mol. The second-order valence-electron chi connectivity index (χ2n) is 7.17. The predicted molar refractivity (Wildman–Crippen MR) is 107 cm³/mol. The van der Waals surface area contributed by atoms with E-state index >= 15 is 0 Å². The Hall–Kier alpha value is -3.26. The number of ketones is 1. The number of rotatable bonds is 6. The molecular formula is C22H22F2N2O4. The number of carbonyl (C=O) groups is 2. The summed E-state index contributed by atoms with van der Waals surface area (Å²) >= 11 is 0. The van der Waals surface area contributed by atoms with Crippen LogP contribution in [0.25, 0.3) is 5.76 Å². The number of ether oxygens (including phenoxy) is 1. The molecule has 0 spiro atoms. The molecule has 0 aliphatic carbocycles. The van der Waals surface area contributed by atoms with Gasteiger partial charge < -0.3 is 19.6 Å². The van der Waals surface area contributed by atoms with Gasteiger partial charge in [-0.15, -0.1) is 0 Å². The number of nitrogens with zero attached hydrogens (tertiary/aromatic N) is 2. The fraction of sp³-hybridized carbons (Fsp3) is 0.273. The summed E-state index contributed by atoms with van der Waals surface area (Å²) in [5.74, 6) is -3.77. The Balaban J connectivity index is 2.18. The van der Waals surface area contributed by atoms with Crippen molar-refractivity contribution < 1.29 is 28.2 Å². The standard InChI is InChI=1S/C22H22F2N2O4/c1-25(2)10-11-26-19(14-6-4-5-7-15(14)23)18(21(28)22(26)29)20(27)13-8-9-17(30-3)16(24)12-13/h4-9,12,19,27H,10-11H2,1-3H3/t19-/m0/s1. The van der Waals surface area contributed by atoms with Crippen LogP contribution in [0.1, 0.15) is 17.2 Å². The summed E-state index contributed by atoms with van der Waals surface area (Å²) in [6, 6.07) is 8.27. The van der Waals surface area contributed by atoms with Gasteiger partial charge in [0.15, 0.2) is 11.6 Å². The van der Waals surface area contributed by atoms with Gasteiger partial charge in [-0.05, 0) is 38.4 Å². The van der Waals surface area contributed by atoms with Crippen molar-refractivity contribution in [3.05, 3.63) is 70.8 Å². The first kappa shape index (κ1) is 21.4. The van der Waals surface area contributed by atoms with E-state index in [4.69, 9.17) is 4.74 Å². The lowest BCUT2D eigenvalue weighted by molar-refractivity contribution is -0.140. The third-order valence-electron chi connectivity index (χ3n) is 4.95. The van der Waals surface area contributed by atoms with Crippen LogP contribution in [0.15, 0.2) is 48.0 Å². The van der Waals surface area contributed by atoms with Gasteiger partial charge in [-0.2, -0.15) is 0 Å². The molecule has 1 amide bonds. The fourth-order valence-corrected chi connectivity index (χ4v) is 3.41. The molecule has 8 heteroatoms. The molecule has 1 aliphatic heterocycles. The number of benzene rings is 2. The number of likely N-dealkylation sites (N-methyl/N-ethyl adjacent to an activating group) is 1. The molecular weight excluding hydrogens is 394 g/mol. The zero-order valence-corrected chi connectivity index (χ0v) is 16.9. The highest BCUT2D eigenvalue weighted by Crippen LogP contribution is 2.40. The average molecular weight is 416 g/mol. The number of carbonyl (C=O) groups excluding carboxylic acids is 2. The molecule has 1 fully saturated rings. The van der Waals surface area contributed by atoms with Gasteiger partial charge in [-0.25, -0.2) is 8.78 Å². The smallest absolute Gasteiger partial charge is 0.295 e. The molecule has 3 rings (SSSR count). The first-order valence-electron chi connectivity index (χ1n) is 9.27. The second-order valence-corrected chi connectivity index (χ2v) is 7.17. The number of amides is 1. The molecule has 0 unspecified atom stereocenters. The molecule has 1 saturated heterocycles. The van der Waals surface area contributed by atoms with E-state index in [-0.39, 0.29) is 29.0 Å². The molecule has 0 saturated carbocycles. The topological polar surface area (TPSA) is 70.1 Å². The summed E-state index contributed by atoms with van der Waals surface area (Å²) in [5, 5.41) is 10.9. The van der Waals surface area contributed by atoms with Crippen LogP contribution in [0.2, 0.25) is 0 Å². The van der Waals surface area contributed by atoms with Crippen molar-refractivity contribution in [2.45, 2.75) is 6.04 Å². The van der Waals surface area contributed by atoms with Crippen LogP contribution in [0.3, 0.4) is 0 Å². The van der Waals surface area contributed by atoms with Crippen LogP contribution in [0.5, 0.6) is 5.75 Å². The normalized spacial score (nSPS) is 18.3. The average Bonchev–Trinajstić information content (AvgIpc) is 2.96. The number of halogens is 2. The molecule has 0 aromatic heterocycles. The molecule has 158 valence electrons. The van der Waals surface area contributed by atoms with Gasteiger partial charge in [0.1, 0.15) is 11.6 Å². The molecule has 1 heterocycles. The Morgan fingerprint density at radius 2 is 1.83 bits per heavy atom. The minimum atomic E-state index is -1.13. The molecule has 1 N–H and O–H groups in total. The van der Waals surface area contributed by atoms with Crippen LogP contribution in [-0.2, 0) is 9.59 Å². The van der Waals surface area contributed by atoms with Gasteiger partial charge in [0.05, 0.1) is 18.7 Å². The van der Waals surface area contributed by atoms with E-state index in [1.54, 1.807) is 20.2 Å². The van der Waals surface area contributed by atoms with Crippen molar-refractivity contribution in [2.24, 2.45) is 0 Å². The van der Waals surface area contributed by atoms with E-state index in [9.17, 15) is 23.5 Å². The lowest BCUT2D eigenvalue weighted by Gasteiger charge is -2.26. The number of likely N-dealkylation sites (tertiary alicyclic amines) is 1. The molecule has 2 aromatic carbocycles. The maximum atomic E-state index is 14.6. The quantitative estimate of drug-likeness (QED) is 0.446. The van der Waals surface area contributed by atoms with Gasteiger partial charge in [0, 0.05) is 24.2 Å². The molecule has 2 aromatic rings. The maximum Gasteiger partial charge on any atom is 0.295 e. The largest absolute Gasteiger partial charge is 0.507 e. The summed E-state index contributed by atoms with van der Waals surface area (Å²) in [7, 11) is 4.90. The van der Waals surface area contributed by atoms with E-state index in [2.05, 4.69) is 0 Å². The summed E-state index contributed by atoms with van der Waals surface area (Å²) in [5.41, 5.74) is -0.223. The van der Waals surface area contributed by atoms with Crippen molar-refractivity contribution in [3.63, 3.8) is 0 Å². The number of aliphatic hydroxyl groups excluding tert-OH is 1. The molecule has 0 radical (unpaired) electrons. The Kier molecular flexibility index (Phi) is 6.17. The van der Waals surface area contributed by atoms with E-state index in [1.807, 2.05) is 4.90 Å². The highest BCUT2D eigenvalue weighted by atomic mass is 19.1. The number of Topliss-reactive ketones (excluding diaryl/α,β-unsaturated/α-hetero) is 1. The third kappa shape index (κ3) is 3.91. The zero-order valence-electron chi connectivity index (χ0n) is 16.9. The number of aliphatic hydroxyl groups is 1.